The number of methoxy groups -OCH3 is 1. The molecule has 8 heteroatoms. The summed E-state index contributed by atoms with van der Waals surface area (Å²) in [4.78, 5) is 28.1. The first-order chi connectivity index (χ1) is 13.5. The van der Waals surface area contributed by atoms with Crippen LogP contribution in [0.5, 0.6) is 5.75 Å². The van der Waals surface area contributed by atoms with E-state index in [9.17, 15) is 18.4 Å². The van der Waals surface area contributed by atoms with Gasteiger partial charge in [-0.1, -0.05) is 12.1 Å². The van der Waals surface area contributed by atoms with E-state index >= 15 is 0 Å². The molecule has 2 amide bonds. The predicted octanol–water partition coefficient (Wildman–Crippen LogP) is 2.65. The fraction of sp³-hybridized carbons (Fsp3) is 0.300. The average molecular weight is 389 g/mol. The number of ether oxygens (including phenoxy) is 1. The van der Waals surface area contributed by atoms with Gasteiger partial charge in [-0.3, -0.25) is 9.59 Å². The van der Waals surface area contributed by atoms with Crippen LogP contribution in [0.3, 0.4) is 0 Å². The molecular formula is C20H21F2N3O3. The van der Waals surface area contributed by atoms with Gasteiger partial charge in [0.15, 0.2) is 0 Å². The van der Waals surface area contributed by atoms with Crippen LogP contribution >= 0.6 is 0 Å². The lowest BCUT2D eigenvalue weighted by atomic mass is 10.2. The van der Waals surface area contributed by atoms with Crippen LogP contribution in [-0.2, 0) is 9.59 Å². The topological polar surface area (TPSA) is 61.9 Å². The van der Waals surface area contributed by atoms with Crippen molar-refractivity contribution < 1.29 is 23.1 Å². The van der Waals surface area contributed by atoms with Crippen molar-refractivity contribution in [3.8, 4) is 5.75 Å². The minimum absolute atomic E-state index is 0.153. The van der Waals surface area contributed by atoms with E-state index in [2.05, 4.69) is 10.2 Å². The molecule has 0 bridgehead atoms. The second-order valence-corrected chi connectivity index (χ2v) is 6.39. The number of benzene rings is 2. The fourth-order valence-electron chi connectivity index (χ4n) is 3.12. The van der Waals surface area contributed by atoms with Crippen molar-refractivity contribution in [2.75, 3.05) is 43.5 Å². The summed E-state index contributed by atoms with van der Waals surface area (Å²) in [6.07, 6.45) is -0.397. The summed E-state index contributed by atoms with van der Waals surface area (Å²) in [6.45, 7) is 2.16. The molecule has 1 aliphatic rings. The Balaban J connectivity index is 1.53. The third kappa shape index (κ3) is 4.57. The molecule has 1 aliphatic heterocycles. The minimum Gasteiger partial charge on any atom is -0.495 e. The fourth-order valence-corrected chi connectivity index (χ4v) is 3.12. The minimum atomic E-state index is -0.883. The van der Waals surface area contributed by atoms with E-state index in [1.54, 1.807) is 12.0 Å². The van der Waals surface area contributed by atoms with Crippen molar-refractivity contribution >= 4 is 23.2 Å². The smallest absolute Gasteiger partial charge is 0.233 e. The zero-order chi connectivity index (χ0) is 20.1. The van der Waals surface area contributed by atoms with Crippen molar-refractivity contribution in [2.24, 2.45) is 0 Å². The lowest BCUT2D eigenvalue weighted by Crippen LogP contribution is -2.49. The van der Waals surface area contributed by atoms with Crippen LogP contribution in [0.15, 0.2) is 42.5 Å². The largest absolute Gasteiger partial charge is 0.495 e. The highest BCUT2D eigenvalue weighted by molar-refractivity contribution is 6.03. The molecule has 0 saturated carbocycles. The molecule has 3 rings (SSSR count). The van der Waals surface area contributed by atoms with Crippen molar-refractivity contribution in [3.05, 3.63) is 54.1 Å². The van der Waals surface area contributed by atoms with E-state index in [0.29, 0.717) is 32.2 Å². The monoisotopic (exact) mass is 389 g/mol. The number of para-hydroxylation sites is 2. The van der Waals surface area contributed by atoms with Crippen LogP contribution in [0.25, 0.3) is 0 Å². The predicted molar refractivity (Wildman–Crippen MR) is 101 cm³/mol. The number of carbonyl (C=O) groups excluding carboxylic acids is 2. The number of amides is 2. The summed E-state index contributed by atoms with van der Waals surface area (Å²) < 4.78 is 31.9. The summed E-state index contributed by atoms with van der Waals surface area (Å²) in [5, 5.41) is 2.30. The number of nitrogens with zero attached hydrogens (tertiary/aromatic N) is 2. The molecule has 1 N–H and O–H groups in total. The van der Waals surface area contributed by atoms with Crippen LogP contribution in [-0.4, -0.2) is 50.0 Å². The Morgan fingerprint density at radius 2 is 1.79 bits per heavy atom. The van der Waals surface area contributed by atoms with Gasteiger partial charge in [0, 0.05) is 32.2 Å². The molecule has 0 unspecified atom stereocenters. The van der Waals surface area contributed by atoms with Gasteiger partial charge in [-0.15, -0.1) is 0 Å². The van der Waals surface area contributed by atoms with E-state index in [-0.39, 0.29) is 11.6 Å². The third-order valence-electron chi connectivity index (χ3n) is 4.58. The number of carbonyl (C=O) groups is 2. The van der Waals surface area contributed by atoms with Gasteiger partial charge >= 0.3 is 0 Å². The molecule has 0 aliphatic carbocycles. The molecule has 0 atom stereocenters. The normalized spacial score (nSPS) is 14.0. The van der Waals surface area contributed by atoms with E-state index in [0.717, 1.165) is 23.6 Å². The number of hydrogen-bond donors (Lipinski definition) is 1. The van der Waals surface area contributed by atoms with Crippen LogP contribution in [0.2, 0.25) is 0 Å². The van der Waals surface area contributed by atoms with Gasteiger partial charge in [0.25, 0.3) is 0 Å². The van der Waals surface area contributed by atoms with Gasteiger partial charge in [-0.2, -0.15) is 0 Å². The number of anilines is 2. The second kappa shape index (κ2) is 8.69. The Hall–Kier alpha value is -3.16. The van der Waals surface area contributed by atoms with E-state index in [4.69, 9.17) is 4.74 Å². The maximum atomic E-state index is 13.6. The average Bonchev–Trinajstić information content (AvgIpc) is 2.70. The molecular weight excluding hydrogens is 368 g/mol. The summed E-state index contributed by atoms with van der Waals surface area (Å²) in [5.41, 5.74) is 0.807. The van der Waals surface area contributed by atoms with E-state index < -0.39 is 24.0 Å². The van der Waals surface area contributed by atoms with Crippen LogP contribution in [0, 0.1) is 11.6 Å². The van der Waals surface area contributed by atoms with Gasteiger partial charge < -0.3 is 19.9 Å². The molecule has 2 aromatic rings. The van der Waals surface area contributed by atoms with Crippen LogP contribution in [0.1, 0.15) is 6.42 Å². The van der Waals surface area contributed by atoms with Crippen LogP contribution < -0.4 is 15.0 Å². The maximum Gasteiger partial charge on any atom is 0.233 e. The summed E-state index contributed by atoms with van der Waals surface area (Å²) in [7, 11) is 1.61. The molecule has 0 aromatic heterocycles. The first kappa shape index (κ1) is 19.6. The van der Waals surface area contributed by atoms with E-state index in [1.807, 2.05) is 24.3 Å². The van der Waals surface area contributed by atoms with Gasteiger partial charge in [-0.25, -0.2) is 8.78 Å². The first-order valence-corrected chi connectivity index (χ1v) is 8.88. The van der Waals surface area contributed by atoms with Gasteiger partial charge in [0.05, 0.1) is 18.5 Å². The molecule has 28 heavy (non-hydrogen) atoms. The van der Waals surface area contributed by atoms with Crippen molar-refractivity contribution in [3.63, 3.8) is 0 Å². The van der Waals surface area contributed by atoms with Crippen molar-refractivity contribution in [2.45, 2.75) is 6.42 Å². The molecule has 0 radical (unpaired) electrons. The SMILES string of the molecule is COc1ccccc1N1CCN(C(=O)CC(=O)Nc2ccc(F)cc2F)CC1. The molecule has 1 fully saturated rings. The maximum absolute atomic E-state index is 13.6. The standard InChI is InChI=1S/C20H21F2N3O3/c1-28-18-5-3-2-4-17(18)24-8-10-25(11-9-24)20(27)13-19(26)23-16-7-6-14(21)12-15(16)22/h2-7,12H,8-11,13H2,1H3,(H,23,26). The van der Waals surface area contributed by atoms with E-state index in [1.165, 1.54) is 0 Å². The first-order valence-electron chi connectivity index (χ1n) is 8.88. The highest BCUT2D eigenvalue weighted by atomic mass is 19.1. The zero-order valence-corrected chi connectivity index (χ0v) is 15.5. The lowest BCUT2D eigenvalue weighted by molar-refractivity contribution is -0.134. The van der Waals surface area contributed by atoms with Gasteiger partial charge in [-0.05, 0) is 24.3 Å². The number of piperazine rings is 1. The highest BCUT2D eigenvalue weighted by Gasteiger charge is 2.24. The molecule has 1 heterocycles. The number of rotatable bonds is 5. The Morgan fingerprint density at radius 3 is 2.46 bits per heavy atom. The van der Waals surface area contributed by atoms with Crippen molar-refractivity contribution in [1.82, 2.24) is 4.90 Å². The Labute approximate surface area is 161 Å². The molecule has 6 nitrogen and oxygen atoms in total. The number of halogens is 2. The van der Waals surface area contributed by atoms with Crippen molar-refractivity contribution in [1.29, 1.82) is 0 Å². The lowest BCUT2D eigenvalue weighted by Gasteiger charge is -2.36. The van der Waals surface area contributed by atoms with Gasteiger partial charge in [0.2, 0.25) is 11.8 Å². The molecule has 2 aromatic carbocycles. The summed E-state index contributed by atoms with van der Waals surface area (Å²) >= 11 is 0. The molecule has 1 saturated heterocycles. The summed E-state index contributed by atoms with van der Waals surface area (Å²) in [5.74, 6) is -1.82. The zero-order valence-electron chi connectivity index (χ0n) is 15.5. The Morgan fingerprint density at radius 1 is 1.07 bits per heavy atom. The number of hydrogen-bond acceptors (Lipinski definition) is 4. The third-order valence-corrected chi connectivity index (χ3v) is 4.58. The second-order valence-electron chi connectivity index (χ2n) is 6.39. The van der Waals surface area contributed by atoms with Crippen LogP contribution in [0.4, 0.5) is 20.2 Å². The quantitative estimate of drug-likeness (QED) is 0.799. The molecule has 148 valence electrons. The van der Waals surface area contributed by atoms with Gasteiger partial charge in [0.1, 0.15) is 23.8 Å². The Bertz CT molecular complexity index is 868. The summed E-state index contributed by atoms with van der Waals surface area (Å²) in [6, 6.07) is 10.5. The molecule has 0 spiro atoms. The highest BCUT2D eigenvalue weighted by Crippen LogP contribution is 2.28. The number of nitrogens with one attached hydrogen (secondary N) is 1. The Kier molecular flexibility index (Phi) is 6.08.